The molecule has 1 aliphatic carbocycles. The van der Waals surface area contributed by atoms with Crippen LogP contribution in [0, 0.1) is 11.8 Å². The maximum atomic E-state index is 12.2. The molecule has 5 heteroatoms. The summed E-state index contributed by atoms with van der Waals surface area (Å²) in [6.45, 7) is 4.94. The lowest BCUT2D eigenvalue weighted by molar-refractivity contribution is -0.274. The Morgan fingerprint density at radius 1 is 1.42 bits per heavy atom. The number of nitrogens with one attached hydrogen (secondary N) is 1. The second-order valence-corrected chi connectivity index (χ2v) is 5.03. The van der Waals surface area contributed by atoms with Gasteiger partial charge in [-0.3, -0.25) is 0 Å². The molecule has 0 bridgehead atoms. The van der Waals surface area contributed by atoms with E-state index in [-0.39, 0.29) is 11.8 Å². The Hall–Kier alpha value is -1.23. The van der Waals surface area contributed by atoms with Crippen LogP contribution in [0.3, 0.4) is 0 Å². The van der Waals surface area contributed by atoms with E-state index in [0.717, 1.165) is 18.5 Å². The van der Waals surface area contributed by atoms with Crippen LogP contribution < -0.4 is 10.1 Å². The first kappa shape index (κ1) is 14.2. The van der Waals surface area contributed by atoms with Gasteiger partial charge in [-0.1, -0.05) is 26.0 Å². The Labute approximate surface area is 111 Å². The highest BCUT2D eigenvalue weighted by Crippen LogP contribution is 2.47. The summed E-state index contributed by atoms with van der Waals surface area (Å²) < 4.78 is 40.6. The Bertz CT molecular complexity index is 433. The highest BCUT2D eigenvalue weighted by molar-refractivity contribution is 5.32. The lowest BCUT2D eigenvalue weighted by Crippen LogP contribution is -2.23. The molecular formula is C14H18F3NO. The van der Waals surface area contributed by atoms with Gasteiger partial charge < -0.3 is 10.1 Å². The number of benzene rings is 1. The molecule has 1 aromatic rings. The maximum Gasteiger partial charge on any atom is 0.573 e. The number of alkyl halides is 3. The second-order valence-electron chi connectivity index (χ2n) is 5.03. The molecule has 0 saturated heterocycles. The number of ether oxygens (including phenoxy) is 1. The van der Waals surface area contributed by atoms with Crippen molar-refractivity contribution in [2.45, 2.75) is 32.7 Å². The third kappa shape index (κ3) is 3.86. The highest BCUT2D eigenvalue weighted by Gasteiger charge is 2.40. The van der Waals surface area contributed by atoms with Crippen LogP contribution in [0.1, 0.15) is 31.9 Å². The van der Waals surface area contributed by atoms with Crippen molar-refractivity contribution in [1.29, 1.82) is 0 Å². The second kappa shape index (κ2) is 5.41. The van der Waals surface area contributed by atoms with Gasteiger partial charge >= 0.3 is 6.36 Å². The summed E-state index contributed by atoms with van der Waals surface area (Å²) in [7, 11) is 0. The molecule has 3 unspecified atom stereocenters. The molecule has 0 spiro atoms. The molecule has 1 fully saturated rings. The summed E-state index contributed by atoms with van der Waals surface area (Å²) in [5, 5.41) is 3.34. The van der Waals surface area contributed by atoms with Gasteiger partial charge in [0.1, 0.15) is 5.75 Å². The minimum atomic E-state index is -4.64. The molecule has 0 heterocycles. The molecule has 3 atom stereocenters. The van der Waals surface area contributed by atoms with Crippen LogP contribution in [0.25, 0.3) is 0 Å². The molecule has 1 N–H and O–H groups in total. The molecule has 1 aromatic carbocycles. The Balaban J connectivity index is 2.16. The summed E-state index contributed by atoms with van der Waals surface area (Å²) in [6, 6.07) is 6.37. The van der Waals surface area contributed by atoms with Crippen LogP contribution in [0.15, 0.2) is 24.3 Å². The van der Waals surface area contributed by atoms with E-state index in [1.54, 1.807) is 6.07 Å². The number of rotatable bonds is 5. The van der Waals surface area contributed by atoms with E-state index in [1.165, 1.54) is 12.1 Å². The van der Waals surface area contributed by atoms with Crippen molar-refractivity contribution in [1.82, 2.24) is 5.32 Å². The van der Waals surface area contributed by atoms with Crippen molar-refractivity contribution in [3.63, 3.8) is 0 Å². The van der Waals surface area contributed by atoms with Crippen molar-refractivity contribution < 1.29 is 17.9 Å². The van der Waals surface area contributed by atoms with Crippen molar-refractivity contribution >= 4 is 0 Å². The zero-order chi connectivity index (χ0) is 14.0. The van der Waals surface area contributed by atoms with Gasteiger partial charge in [0.2, 0.25) is 0 Å². The average Bonchev–Trinajstić information content (AvgIpc) is 3.01. The van der Waals surface area contributed by atoms with Crippen molar-refractivity contribution in [2.24, 2.45) is 11.8 Å². The quantitative estimate of drug-likeness (QED) is 0.878. The van der Waals surface area contributed by atoms with Gasteiger partial charge in [0.25, 0.3) is 0 Å². The van der Waals surface area contributed by atoms with Crippen molar-refractivity contribution in [3.8, 4) is 5.75 Å². The summed E-state index contributed by atoms with van der Waals surface area (Å²) in [5.41, 5.74) is 0.859. The predicted molar refractivity (Wildman–Crippen MR) is 66.8 cm³/mol. The van der Waals surface area contributed by atoms with Crippen LogP contribution in [-0.2, 0) is 0 Å². The predicted octanol–water partition coefficient (Wildman–Crippen LogP) is 3.89. The molecule has 2 nitrogen and oxygen atoms in total. The average molecular weight is 273 g/mol. The minimum absolute atomic E-state index is 0.108. The number of hydrogen-bond donors (Lipinski definition) is 1. The molecule has 2 rings (SSSR count). The van der Waals surface area contributed by atoms with E-state index in [9.17, 15) is 13.2 Å². The van der Waals surface area contributed by atoms with Gasteiger partial charge in [0.05, 0.1) is 0 Å². The van der Waals surface area contributed by atoms with E-state index in [2.05, 4.69) is 17.0 Å². The monoisotopic (exact) mass is 273 g/mol. The molecule has 1 aliphatic rings. The molecule has 0 radical (unpaired) electrons. The summed E-state index contributed by atoms with van der Waals surface area (Å²) in [6.07, 6.45) is -3.53. The van der Waals surface area contributed by atoms with Crippen LogP contribution in [-0.4, -0.2) is 12.9 Å². The Morgan fingerprint density at radius 2 is 2.11 bits per heavy atom. The van der Waals surface area contributed by atoms with Gasteiger partial charge in [-0.2, -0.15) is 0 Å². The lowest BCUT2D eigenvalue weighted by atomic mass is 10.0. The smallest absolute Gasteiger partial charge is 0.406 e. The zero-order valence-electron chi connectivity index (χ0n) is 11.0. The fourth-order valence-electron chi connectivity index (χ4n) is 2.46. The largest absolute Gasteiger partial charge is 0.573 e. The first-order chi connectivity index (χ1) is 8.90. The molecular weight excluding hydrogens is 255 g/mol. The van der Waals surface area contributed by atoms with E-state index in [1.807, 2.05) is 13.0 Å². The van der Waals surface area contributed by atoms with Crippen LogP contribution in [0.2, 0.25) is 0 Å². The fourth-order valence-corrected chi connectivity index (χ4v) is 2.46. The third-order valence-corrected chi connectivity index (χ3v) is 3.47. The van der Waals surface area contributed by atoms with Gasteiger partial charge in [-0.25, -0.2) is 0 Å². The summed E-state index contributed by atoms with van der Waals surface area (Å²) >= 11 is 0. The third-order valence-electron chi connectivity index (χ3n) is 3.47. The Kier molecular flexibility index (Phi) is 4.04. The van der Waals surface area contributed by atoms with Gasteiger partial charge in [0.15, 0.2) is 0 Å². The first-order valence-corrected chi connectivity index (χ1v) is 6.50. The van der Waals surface area contributed by atoms with Crippen LogP contribution >= 0.6 is 0 Å². The number of hydrogen-bond acceptors (Lipinski definition) is 2. The van der Waals surface area contributed by atoms with E-state index >= 15 is 0 Å². The molecule has 0 aliphatic heterocycles. The van der Waals surface area contributed by atoms with Gasteiger partial charge in [0, 0.05) is 6.04 Å². The highest BCUT2D eigenvalue weighted by atomic mass is 19.4. The molecule has 19 heavy (non-hydrogen) atoms. The molecule has 106 valence electrons. The minimum Gasteiger partial charge on any atom is -0.406 e. The van der Waals surface area contributed by atoms with Crippen molar-refractivity contribution in [2.75, 3.05) is 6.54 Å². The lowest BCUT2D eigenvalue weighted by Gasteiger charge is -2.19. The van der Waals surface area contributed by atoms with Crippen LogP contribution in [0.5, 0.6) is 5.75 Å². The van der Waals surface area contributed by atoms with E-state index in [0.29, 0.717) is 11.8 Å². The standard InChI is InChI=1S/C14H18F3NO/c1-3-18-13(12-7-9(12)2)10-5-4-6-11(8-10)19-14(15,16)17/h4-6,8-9,12-13,18H,3,7H2,1-2H3. The number of halogens is 3. The molecule has 1 saturated carbocycles. The Morgan fingerprint density at radius 3 is 2.63 bits per heavy atom. The van der Waals surface area contributed by atoms with Gasteiger partial charge in [-0.15, -0.1) is 13.2 Å². The first-order valence-electron chi connectivity index (χ1n) is 6.50. The topological polar surface area (TPSA) is 21.3 Å². The normalized spacial score (nSPS) is 24.1. The van der Waals surface area contributed by atoms with E-state index < -0.39 is 6.36 Å². The fraction of sp³-hybridized carbons (Fsp3) is 0.571. The summed E-state index contributed by atoms with van der Waals surface area (Å²) in [4.78, 5) is 0. The van der Waals surface area contributed by atoms with Crippen molar-refractivity contribution in [3.05, 3.63) is 29.8 Å². The van der Waals surface area contributed by atoms with Gasteiger partial charge in [-0.05, 0) is 42.5 Å². The summed E-state index contributed by atoms with van der Waals surface area (Å²) in [5.74, 6) is 0.971. The molecule has 0 aromatic heterocycles. The SMILES string of the molecule is CCNC(c1cccc(OC(F)(F)F)c1)C1CC1C. The van der Waals surface area contributed by atoms with E-state index in [4.69, 9.17) is 0 Å². The molecule has 0 amide bonds. The maximum absolute atomic E-state index is 12.2. The zero-order valence-corrected chi connectivity index (χ0v) is 11.0. The van der Waals surface area contributed by atoms with Crippen LogP contribution in [0.4, 0.5) is 13.2 Å².